The van der Waals surface area contributed by atoms with E-state index < -0.39 is 9.85 Å². The fourth-order valence-corrected chi connectivity index (χ4v) is 1.56. The molecule has 12 nitrogen and oxygen atoms in total. The van der Waals surface area contributed by atoms with Crippen molar-refractivity contribution in [1.29, 1.82) is 0 Å². The predicted octanol–water partition coefficient (Wildman–Crippen LogP) is 2.50. The standard InChI is InChI=1S/C12H10N5O7/c18-15(19)11-5-1-3-9(7-11)13-23-17(22)24-14-10-4-2-6-12(8-10)16(20)21/h1-8,13-14H/q+1. The molecule has 0 aliphatic rings. The Morgan fingerprint density at radius 2 is 1.17 bits per heavy atom. The number of nitrogens with zero attached hydrogens (tertiary/aromatic N) is 3. The van der Waals surface area contributed by atoms with Gasteiger partial charge in [0.1, 0.15) is 4.91 Å². The van der Waals surface area contributed by atoms with Gasteiger partial charge in [0.2, 0.25) is 0 Å². The van der Waals surface area contributed by atoms with Gasteiger partial charge >= 0.3 is 5.09 Å². The molecular weight excluding hydrogens is 326 g/mol. The third-order valence-corrected chi connectivity index (χ3v) is 2.59. The van der Waals surface area contributed by atoms with Crippen LogP contribution in [0, 0.1) is 25.1 Å². The van der Waals surface area contributed by atoms with E-state index in [1.54, 1.807) is 0 Å². The summed E-state index contributed by atoms with van der Waals surface area (Å²) < 4.78 is 0. The van der Waals surface area contributed by atoms with Crippen molar-refractivity contribution in [1.82, 2.24) is 0 Å². The summed E-state index contributed by atoms with van der Waals surface area (Å²) >= 11 is 0. The van der Waals surface area contributed by atoms with E-state index in [9.17, 15) is 25.1 Å². The maximum Gasteiger partial charge on any atom is 0.531 e. The molecule has 0 saturated carbocycles. The van der Waals surface area contributed by atoms with Gasteiger partial charge in [-0.3, -0.25) is 20.2 Å². The van der Waals surface area contributed by atoms with Crippen molar-refractivity contribution in [3.05, 3.63) is 73.7 Å². The minimum atomic E-state index is -0.611. The second kappa shape index (κ2) is 7.35. The molecule has 2 aromatic carbocycles. The number of rotatable bonds is 8. The molecule has 0 spiro atoms. The minimum Gasteiger partial charge on any atom is -0.258 e. The van der Waals surface area contributed by atoms with Crippen LogP contribution in [0.3, 0.4) is 0 Å². The Morgan fingerprint density at radius 3 is 1.54 bits per heavy atom. The van der Waals surface area contributed by atoms with E-state index in [4.69, 9.17) is 0 Å². The highest BCUT2D eigenvalue weighted by Gasteiger charge is 2.16. The molecule has 0 atom stereocenters. The van der Waals surface area contributed by atoms with Gasteiger partial charge in [0.05, 0.1) is 21.2 Å². The van der Waals surface area contributed by atoms with Crippen molar-refractivity contribution in [2.24, 2.45) is 0 Å². The van der Waals surface area contributed by atoms with E-state index in [1.165, 1.54) is 36.4 Å². The maximum absolute atomic E-state index is 11.3. The second-order valence-corrected chi connectivity index (χ2v) is 4.23. The molecule has 0 unspecified atom stereocenters. The molecule has 0 heterocycles. The molecule has 2 rings (SSSR count). The third kappa shape index (κ3) is 4.52. The summed E-state index contributed by atoms with van der Waals surface area (Å²) in [6.07, 6.45) is 0. The Morgan fingerprint density at radius 1 is 0.750 bits per heavy atom. The van der Waals surface area contributed by atoms with E-state index in [-0.39, 0.29) is 27.8 Å². The fourth-order valence-electron chi connectivity index (χ4n) is 1.56. The molecule has 0 fully saturated rings. The van der Waals surface area contributed by atoms with Crippen molar-refractivity contribution in [3.63, 3.8) is 0 Å². The molecule has 0 aliphatic carbocycles. The highest BCUT2D eigenvalue weighted by Crippen LogP contribution is 2.18. The molecule has 0 amide bonds. The van der Waals surface area contributed by atoms with Gasteiger partial charge in [-0.1, -0.05) is 12.1 Å². The molecular formula is C12H10N5O7+. The van der Waals surface area contributed by atoms with Crippen molar-refractivity contribution in [2.75, 3.05) is 11.0 Å². The van der Waals surface area contributed by atoms with Crippen LogP contribution in [-0.2, 0) is 9.88 Å². The lowest BCUT2D eigenvalue weighted by Crippen LogP contribution is -2.18. The molecule has 0 aromatic heterocycles. The first-order valence-corrected chi connectivity index (χ1v) is 6.28. The van der Waals surface area contributed by atoms with E-state index in [0.717, 1.165) is 12.1 Å². The van der Waals surface area contributed by atoms with Crippen LogP contribution in [0.2, 0.25) is 0 Å². The maximum atomic E-state index is 11.3. The summed E-state index contributed by atoms with van der Waals surface area (Å²) in [5.41, 5.74) is 4.17. The quantitative estimate of drug-likeness (QED) is 0.547. The molecule has 2 N–H and O–H groups in total. The van der Waals surface area contributed by atoms with Gasteiger partial charge in [-0.05, 0) is 22.0 Å². The number of anilines is 2. The molecule has 0 radical (unpaired) electrons. The second-order valence-electron chi connectivity index (χ2n) is 4.23. The number of benzene rings is 2. The molecule has 0 bridgehead atoms. The van der Waals surface area contributed by atoms with Crippen LogP contribution in [0.25, 0.3) is 0 Å². The van der Waals surface area contributed by atoms with Gasteiger partial charge < -0.3 is 0 Å². The predicted molar refractivity (Wildman–Crippen MR) is 79.2 cm³/mol. The lowest BCUT2D eigenvalue weighted by atomic mass is 10.3. The van der Waals surface area contributed by atoms with Crippen molar-refractivity contribution < 1.29 is 24.8 Å². The highest BCUT2D eigenvalue weighted by atomic mass is 17.1. The summed E-state index contributed by atoms with van der Waals surface area (Å²) in [6.45, 7) is 0. The first-order valence-electron chi connectivity index (χ1n) is 6.28. The number of nitro groups is 2. The Labute approximate surface area is 133 Å². The van der Waals surface area contributed by atoms with E-state index >= 15 is 0 Å². The topological polar surface area (TPSA) is 149 Å². The van der Waals surface area contributed by atoms with Crippen LogP contribution < -0.4 is 11.0 Å². The van der Waals surface area contributed by atoms with E-state index in [1.807, 2.05) is 0 Å². The molecule has 12 heteroatoms. The summed E-state index contributed by atoms with van der Waals surface area (Å²) in [5.74, 6) is 0. The molecule has 0 aliphatic heterocycles. The molecule has 24 heavy (non-hydrogen) atoms. The number of nitro benzene ring substituents is 2. The summed E-state index contributed by atoms with van der Waals surface area (Å²) in [4.78, 5) is 40.2. The first-order chi connectivity index (χ1) is 11.5. The SMILES string of the molecule is O=[N+](ONc1cccc([N+](=O)[O-])c1)ONc1cccc([N+](=O)[O-])c1. The summed E-state index contributed by atoms with van der Waals surface area (Å²) in [7, 11) is 0. The smallest absolute Gasteiger partial charge is 0.258 e. The third-order valence-electron chi connectivity index (χ3n) is 2.59. The first kappa shape index (κ1) is 16.4. The zero-order valence-electron chi connectivity index (χ0n) is 11.8. The number of hydrogen-bond donors (Lipinski definition) is 2. The van der Waals surface area contributed by atoms with Crippen LogP contribution in [0.5, 0.6) is 0 Å². The summed E-state index contributed by atoms with van der Waals surface area (Å²) in [5, 5.41) is 20.9. The van der Waals surface area contributed by atoms with Gasteiger partial charge in [0, 0.05) is 24.3 Å². The van der Waals surface area contributed by atoms with Gasteiger partial charge in [0.25, 0.3) is 11.4 Å². The van der Waals surface area contributed by atoms with Crippen LogP contribution in [0.1, 0.15) is 0 Å². The fraction of sp³-hybridized carbons (Fsp3) is 0. The monoisotopic (exact) mass is 336 g/mol. The number of nitrogens with one attached hydrogen (secondary N) is 2. The lowest BCUT2D eigenvalue weighted by Gasteiger charge is -2.00. The molecule has 0 saturated heterocycles. The van der Waals surface area contributed by atoms with E-state index in [2.05, 4.69) is 20.8 Å². The zero-order chi connectivity index (χ0) is 17.5. The van der Waals surface area contributed by atoms with Crippen molar-refractivity contribution in [2.45, 2.75) is 0 Å². The van der Waals surface area contributed by atoms with Gasteiger partial charge in [-0.2, -0.15) is 11.0 Å². The van der Waals surface area contributed by atoms with Crippen LogP contribution in [0.15, 0.2) is 48.5 Å². The Hall–Kier alpha value is -3.96. The van der Waals surface area contributed by atoms with Crippen LogP contribution in [-0.4, -0.2) is 14.9 Å². The minimum absolute atomic E-state index is 0.143. The summed E-state index contributed by atoms with van der Waals surface area (Å²) in [6, 6.07) is 10.4. The molecule has 124 valence electrons. The van der Waals surface area contributed by atoms with Gasteiger partial charge in [-0.15, -0.1) is 0 Å². The highest BCUT2D eigenvalue weighted by molar-refractivity contribution is 5.50. The van der Waals surface area contributed by atoms with Crippen molar-refractivity contribution in [3.8, 4) is 0 Å². The Bertz CT molecular complexity index is 718. The van der Waals surface area contributed by atoms with Crippen LogP contribution in [0.4, 0.5) is 22.7 Å². The largest absolute Gasteiger partial charge is 0.531 e. The Balaban J connectivity index is 1.85. The van der Waals surface area contributed by atoms with Gasteiger partial charge in [0.15, 0.2) is 0 Å². The average molecular weight is 336 g/mol. The van der Waals surface area contributed by atoms with Crippen molar-refractivity contribution >= 4 is 22.7 Å². The van der Waals surface area contributed by atoms with Crippen LogP contribution >= 0.6 is 0 Å². The average Bonchev–Trinajstić information content (AvgIpc) is 2.58. The number of non-ortho nitro benzene ring substituents is 2. The normalized spacial score (nSPS) is 9.67. The van der Waals surface area contributed by atoms with E-state index in [0.29, 0.717) is 0 Å². The number of hydrogen-bond acceptors (Lipinski definition) is 9. The Kier molecular flexibility index (Phi) is 5.02. The molecule has 2 aromatic rings. The zero-order valence-corrected chi connectivity index (χ0v) is 11.8. The van der Waals surface area contributed by atoms with Gasteiger partial charge in [-0.25, -0.2) is 0 Å². The lowest BCUT2D eigenvalue weighted by molar-refractivity contribution is -0.971.